The molecule has 1 aliphatic rings. The quantitative estimate of drug-likeness (QED) is 0.475. The van der Waals surface area contributed by atoms with Gasteiger partial charge >= 0.3 is 5.82 Å². The van der Waals surface area contributed by atoms with Crippen LogP contribution in [0.5, 0.6) is 0 Å². The number of anilines is 1. The molecule has 2 rings (SSSR count). The zero-order valence-electron chi connectivity index (χ0n) is 12.6. The largest absolute Gasteiger partial charge is 0.382 e. The third kappa shape index (κ3) is 4.97. The Bertz CT molecular complexity index is 443. The van der Waals surface area contributed by atoms with Crippen molar-refractivity contribution in [1.82, 2.24) is 9.88 Å². The molecule has 0 aliphatic heterocycles. The minimum Gasteiger partial charge on any atom is -0.382 e. The molecule has 6 heteroatoms. The van der Waals surface area contributed by atoms with Crippen LogP contribution in [0.3, 0.4) is 0 Å². The summed E-state index contributed by atoms with van der Waals surface area (Å²) in [6, 6.07) is 3.88. The summed E-state index contributed by atoms with van der Waals surface area (Å²) in [4.78, 5) is 16.3. The highest BCUT2D eigenvalue weighted by molar-refractivity contribution is 5.43. The van der Waals surface area contributed by atoms with Crippen LogP contribution < -0.4 is 5.32 Å². The normalized spacial score (nSPS) is 16.1. The van der Waals surface area contributed by atoms with E-state index in [0.29, 0.717) is 0 Å². The molecule has 1 heterocycles. The second-order valence-corrected chi connectivity index (χ2v) is 5.71. The van der Waals surface area contributed by atoms with Gasteiger partial charge in [-0.1, -0.05) is 19.3 Å². The van der Waals surface area contributed by atoms with E-state index in [1.54, 1.807) is 6.07 Å². The van der Waals surface area contributed by atoms with Gasteiger partial charge in [-0.05, 0) is 48.8 Å². The van der Waals surface area contributed by atoms with Crippen LogP contribution in [-0.4, -0.2) is 41.0 Å². The van der Waals surface area contributed by atoms with Crippen molar-refractivity contribution in [3.63, 3.8) is 0 Å². The first-order valence-corrected chi connectivity index (χ1v) is 7.71. The smallest absolute Gasteiger partial charge is 0.363 e. The maximum Gasteiger partial charge on any atom is 0.363 e. The molecule has 21 heavy (non-hydrogen) atoms. The fourth-order valence-corrected chi connectivity index (χ4v) is 2.86. The van der Waals surface area contributed by atoms with E-state index in [0.717, 1.165) is 31.2 Å². The van der Waals surface area contributed by atoms with Crippen LogP contribution in [0.1, 0.15) is 38.5 Å². The molecule has 1 aliphatic carbocycles. The fourth-order valence-electron chi connectivity index (χ4n) is 2.86. The Labute approximate surface area is 125 Å². The van der Waals surface area contributed by atoms with Crippen molar-refractivity contribution < 1.29 is 4.92 Å². The summed E-state index contributed by atoms with van der Waals surface area (Å²) in [5, 5.41) is 13.8. The number of hydrogen-bond donors (Lipinski definition) is 1. The molecular formula is C15H24N4O2. The van der Waals surface area contributed by atoms with Gasteiger partial charge in [0.15, 0.2) is 6.20 Å². The second-order valence-electron chi connectivity index (χ2n) is 5.71. The van der Waals surface area contributed by atoms with Gasteiger partial charge in [0.05, 0.1) is 5.69 Å². The molecule has 0 amide bonds. The number of nitrogens with zero attached hydrogens (tertiary/aromatic N) is 3. The first-order chi connectivity index (χ1) is 10.2. The number of nitro groups is 1. The third-order valence-electron chi connectivity index (χ3n) is 4.15. The van der Waals surface area contributed by atoms with Crippen molar-refractivity contribution in [3.05, 3.63) is 28.4 Å². The summed E-state index contributed by atoms with van der Waals surface area (Å²) in [7, 11) is 2.21. The number of rotatable bonds is 7. The van der Waals surface area contributed by atoms with Crippen molar-refractivity contribution in [2.75, 3.05) is 25.5 Å². The van der Waals surface area contributed by atoms with E-state index in [1.165, 1.54) is 44.4 Å². The number of pyridine rings is 1. The summed E-state index contributed by atoms with van der Waals surface area (Å²) in [6.45, 7) is 1.94. The highest BCUT2D eigenvalue weighted by Gasteiger charge is 2.17. The molecule has 1 N–H and O–H groups in total. The molecule has 1 aromatic rings. The van der Waals surface area contributed by atoms with Crippen LogP contribution in [0.25, 0.3) is 0 Å². The highest BCUT2D eigenvalue weighted by Crippen LogP contribution is 2.21. The lowest BCUT2D eigenvalue weighted by molar-refractivity contribution is -0.389. The molecule has 1 fully saturated rings. The molecule has 0 saturated heterocycles. The number of aromatic nitrogens is 1. The zero-order chi connectivity index (χ0) is 15.1. The lowest BCUT2D eigenvalue weighted by Crippen LogP contribution is -2.34. The molecule has 1 saturated carbocycles. The fraction of sp³-hybridized carbons (Fsp3) is 0.667. The first kappa shape index (κ1) is 15.7. The van der Waals surface area contributed by atoms with Crippen LogP contribution in [0.4, 0.5) is 11.5 Å². The molecule has 116 valence electrons. The Hall–Kier alpha value is -1.69. The molecule has 0 aromatic carbocycles. The molecular weight excluding hydrogens is 268 g/mol. The van der Waals surface area contributed by atoms with Crippen LogP contribution >= 0.6 is 0 Å². The van der Waals surface area contributed by atoms with Gasteiger partial charge in [-0.3, -0.25) is 0 Å². The standard InChI is InChI=1S/C15H24N4O2/c1-18(14-6-3-2-4-7-14)11-5-10-16-13-8-9-15(17-12-13)19(20)21/h8-9,12,14,16H,2-7,10-11H2,1H3. The average molecular weight is 292 g/mol. The van der Waals surface area contributed by atoms with E-state index < -0.39 is 4.92 Å². The topological polar surface area (TPSA) is 71.3 Å². The van der Waals surface area contributed by atoms with Gasteiger partial charge in [0, 0.05) is 18.7 Å². The minimum absolute atomic E-state index is 0.113. The first-order valence-electron chi connectivity index (χ1n) is 7.71. The Balaban J connectivity index is 1.65. The second kappa shape index (κ2) is 7.93. The molecule has 0 spiro atoms. The molecule has 6 nitrogen and oxygen atoms in total. The van der Waals surface area contributed by atoms with E-state index in [4.69, 9.17) is 0 Å². The lowest BCUT2D eigenvalue weighted by atomic mass is 9.94. The summed E-state index contributed by atoms with van der Waals surface area (Å²) < 4.78 is 0. The Morgan fingerprint density at radius 1 is 1.38 bits per heavy atom. The van der Waals surface area contributed by atoms with Gasteiger partial charge < -0.3 is 20.3 Å². The average Bonchev–Trinajstić information content (AvgIpc) is 2.52. The molecule has 0 bridgehead atoms. The predicted molar refractivity (Wildman–Crippen MR) is 83.5 cm³/mol. The van der Waals surface area contributed by atoms with Crippen molar-refractivity contribution in [2.45, 2.75) is 44.6 Å². The van der Waals surface area contributed by atoms with Crippen molar-refractivity contribution in [1.29, 1.82) is 0 Å². The van der Waals surface area contributed by atoms with Crippen LogP contribution in [0.2, 0.25) is 0 Å². The summed E-state index contributed by atoms with van der Waals surface area (Å²) >= 11 is 0. The molecule has 1 aromatic heterocycles. The maximum atomic E-state index is 10.5. The summed E-state index contributed by atoms with van der Waals surface area (Å²) in [5.74, 6) is -0.113. The Morgan fingerprint density at radius 3 is 2.76 bits per heavy atom. The predicted octanol–water partition coefficient (Wildman–Crippen LogP) is 3.06. The van der Waals surface area contributed by atoms with Crippen molar-refractivity contribution >= 4 is 11.5 Å². The van der Waals surface area contributed by atoms with Gasteiger partial charge in [-0.2, -0.15) is 0 Å². The van der Waals surface area contributed by atoms with Gasteiger partial charge in [0.2, 0.25) is 0 Å². The molecule has 0 radical (unpaired) electrons. The van der Waals surface area contributed by atoms with Gasteiger partial charge in [-0.25, -0.2) is 0 Å². The van der Waals surface area contributed by atoms with Crippen LogP contribution in [-0.2, 0) is 0 Å². The van der Waals surface area contributed by atoms with E-state index in [1.807, 2.05) is 0 Å². The summed E-state index contributed by atoms with van der Waals surface area (Å²) in [5.41, 5.74) is 0.834. The zero-order valence-corrected chi connectivity index (χ0v) is 12.6. The van der Waals surface area contributed by atoms with E-state index in [2.05, 4.69) is 22.2 Å². The summed E-state index contributed by atoms with van der Waals surface area (Å²) in [6.07, 6.45) is 9.35. The van der Waals surface area contributed by atoms with Gasteiger partial charge in [0.1, 0.15) is 0 Å². The van der Waals surface area contributed by atoms with Gasteiger partial charge in [-0.15, -0.1) is 0 Å². The monoisotopic (exact) mass is 292 g/mol. The number of hydrogen-bond acceptors (Lipinski definition) is 5. The van der Waals surface area contributed by atoms with E-state index >= 15 is 0 Å². The van der Waals surface area contributed by atoms with E-state index in [-0.39, 0.29) is 5.82 Å². The highest BCUT2D eigenvalue weighted by atomic mass is 16.6. The van der Waals surface area contributed by atoms with Crippen LogP contribution in [0, 0.1) is 10.1 Å². The lowest BCUT2D eigenvalue weighted by Gasteiger charge is -2.31. The Kier molecular flexibility index (Phi) is 5.92. The van der Waals surface area contributed by atoms with Crippen molar-refractivity contribution in [3.8, 4) is 0 Å². The van der Waals surface area contributed by atoms with Gasteiger partial charge in [0.25, 0.3) is 0 Å². The van der Waals surface area contributed by atoms with E-state index in [9.17, 15) is 10.1 Å². The van der Waals surface area contributed by atoms with Crippen molar-refractivity contribution in [2.24, 2.45) is 0 Å². The SMILES string of the molecule is CN(CCCNc1ccc([N+](=O)[O-])nc1)C1CCCCC1. The third-order valence-corrected chi connectivity index (χ3v) is 4.15. The Morgan fingerprint density at radius 2 is 2.14 bits per heavy atom. The van der Waals surface area contributed by atoms with Crippen LogP contribution in [0.15, 0.2) is 18.3 Å². The molecule has 0 atom stereocenters. The maximum absolute atomic E-state index is 10.5. The number of nitrogens with one attached hydrogen (secondary N) is 1. The minimum atomic E-state index is -0.483. The molecule has 0 unspecified atom stereocenters.